The second-order valence-corrected chi connectivity index (χ2v) is 4.22. The average Bonchev–Trinajstić information content (AvgIpc) is 2.50. The molecule has 0 unspecified atom stereocenters. The number of anilines is 1. The molecule has 0 atom stereocenters. The van der Waals surface area contributed by atoms with Crippen LogP contribution in [0.5, 0.6) is 11.5 Å². The van der Waals surface area contributed by atoms with Gasteiger partial charge in [0.1, 0.15) is 11.5 Å². The fourth-order valence-corrected chi connectivity index (χ4v) is 1.67. The van der Waals surface area contributed by atoms with Crippen LogP contribution in [0.25, 0.3) is 6.08 Å². The van der Waals surface area contributed by atoms with Crippen molar-refractivity contribution in [2.45, 2.75) is 0 Å². The number of ether oxygens (including phenoxy) is 1. The first kappa shape index (κ1) is 14.5. The minimum absolute atomic E-state index is 0.0202. The standard InChI is InChI=1S/C16H16N2O3/c1-21-13-8-6-12(7-9-13)10-11-17-16(20)18-14-4-2-3-5-15(14)19/h2-11,19H,1H3,(H2,17,18,20)/b11-10+. The average molecular weight is 284 g/mol. The van der Waals surface area contributed by atoms with Gasteiger partial charge in [0.25, 0.3) is 0 Å². The van der Waals surface area contributed by atoms with E-state index in [9.17, 15) is 9.90 Å². The summed E-state index contributed by atoms with van der Waals surface area (Å²) < 4.78 is 5.06. The summed E-state index contributed by atoms with van der Waals surface area (Å²) in [7, 11) is 1.61. The van der Waals surface area contributed by atoms with Crippen LogP contribution >= 0.6 is 0 Å². The zero-order chi connectivity index (χ0) is 15.1. The number of hydrogen-bond acceptors (Lipinski definition) is 3. The van der Waals surface area contributed by atoms with E-state index >= 15 is 0 Å². The van der Waals surface area contributed by atoms with Crippen molar-refractivity contribution >= 4 is 17.8 Å². The number of nitrogens with one attached hydrogen (secondary N) is 2. The summed E-state index contributed by atoms with van der Waals surface area (Å²) >= 11 is 0. The Morgan fingerprint density at radius 2 is 1.86 bits per heavy atom. The van der Waals surface area contributed by atoms with E-state index in [4.69, 9.17) is 4.74 Å². The molecule has 0 spiro atoms. The molecule has 2 aromatic rings. The lowest BCUT2D eigenvalue weighted by atomic mass is 10.2. The van der Waals surface area contributed by atoms with E-state index in [1.165, 1.54) is 12.3 Å². The first-order chi connectivity index (χ1) is 10.2. The number of hydrogen-bond donors (Lipinski definition) is 3. The Morgan fingerprint density at radius 3 is 2.52 bits per heavy atom. The largest absolute Gasteiger partial charge is 0.506 e. The fraction of sp³-hybridized carbons (Fsp3) is 0.0625. The van der Waals surface area contributed by atoms with Crippen molar-refractivity contribution in [3.63, 3.8) is 0 Å². The van der Waals surface area contributed by atoms with Crippen molar-refractivity contribution < 1.29 is 14.6 Å². The molecule has 0 aromatic heterocycles. The highest BCUT2D eigenvalue weighted by Gasteiger charge is 2.02. The van der Waals surface area contributed by atoms with Gasteiger partial charge in [-0.3, -0.25) is 0 Å². The molecule has 2 amide bonds. The van der Waals surface area contributed by atoms with Crippen molar-refractivity contribution in [2.75, 3.05) is 12.4 Å². The summed E-state index contributed by atoms with van der Waals surface area (Å²) in [5.41, 5.74) is 1.28. The molecule has 0 aliphatic heterocycles. The molecule has 0 bridgehead atoms. The second kappa shape index (κ2) is 7.00. The van der Waals surface area contributed by atoms with Crippen LogP contribution in [0.3, 0.4) is 0 Å². The first-order valence-electron chi connectivity index (χ1n) is 6.35. The van der Waals surface area contributed by atoms with Gasteiger partial charge in [0.05, 0.1) is 12.8 Å². The molecule has 0 radical (unpaired) electrons. The molecule has 2 rings (SSSR count). The Hall–Kier alpha value is -2.95. The molecule has 0 heterocycles. The lowest BCUT2D eigenvalue weighted by Crippen LogP contribution is -2.23. The molecule has 0 aliphatic carbocycles. The Bertz CT molecular complexity index is 636. The number of aromatic hydroxyl groups is 1. The molecule has 108 valence electrons. The number of benzene rings is 2. The van der Waals surface area contributed by atoms with Gasteiger partial charge in [0, 0.05) is 6.20 Å². The molecular formula is C16H16N2O3. The number of methoxy groups -OCH3 is 1. The van der Waals surface area contributed by atoms with Crippen LogP contribution in [0.1, 0.15) is 5.56 Å². The Morgan fingerprint density at radius 1 is 1.14 bits per heavy atom. The van der Waals surface area contributed by atoms with Crippen molar-refractivity contribution in [1.82, 2.24) is 5.32 Å². The Balaban J connectivity index is 1.88. The number of amides is 2. The SMILES string of the molecule is COc1ccc(/C=C/NC(=O)Nc2ccccc2O)cc1. The summed E-state index contributed by atoms with van der Waals surface area (Å²) in [6, 6.07) is 13.5. The maximum atomic E-state index is 11.7. The smallest absolute Gasteiger partial charge is 0.323 e. The van der Waals surface area contributed by atoms with Crippen LogP contribution < -0.4 is 15.4 Å². The summed E-state index contributed by atoms with van der Waals surface area (Å²) in [5, 5.41) is 14.6. The molecule has 21 heavy (non-hydrogen) atoms. The zero-order valence-corrected chi connectivity index (χ0v) is 11.5. The normalized spacial score (nSPS) is 10.3. The van der Waals surface area contributed by atoms with Crippen molar-refractivity contribution in [3.8, 4) is 11.5 Å². The van der Waals surface area contributed by atoms with E-state index in [0.717, 1.165) is 11.3 Å². The molecule has 2 aromatic carbocycles. The van der Waals surface area contributed by atoms with Crippen LogP contribution in [-0.4, -0.2) is 18.2 Å². The maximum absolute atomic E-state index is 11.7. The summed E-state index contributed by atoms with van der Waals surface area (Å²) in [5.74, 6) is 0.796. The van der Waals surface area contributed by atoms with Crippen LogP contribution in [0.15, 0.2) is 54.7 Å². The number of carbonyl (C=O) groups is 1. The van der Waals surface area contributed by atoms with Crippen LogP contribution in [0.2, 0.25) is 0 Å². The maximum Gasteiger partial charge on any atom is 0.323 e. The zero-order valence-electron chi connectivity index (χ0n) is 11.5. The third-order valence-electron chi connectivity index (χ3n) is 2.76. The van der Waals surface area contributed by atoms with Gasteiger partial charge >= 0.3 is 6.03 Å². The Labute approximate surface area is 122 Å². The van der Waals surface area contributed by atoms with Crippen LogP contribution in [-0.2, 0) is 0 Å². The molecule has 0 aliphatic rings. The van der Waals surface area contributed by atoms with Crippen molar-refractivity contribution in [1.29, 1.82) is 0 Å². The summed E-state index contributed by atoms with van der Waals surface area (Å²) in [4.78, 5) is 11.7. The lowest BCUT2D eigenvalue weighted by Gasteiger charge is -2.06. The molecule has 5 nitrogen and oxygen atoms in total. The number of phenols is 1. The van der Waals surface area contributed by atoms with Crippen molar-refractivity contribution in [3.05, 3.63) is 60.3 Å². The third-order valence-corrected chi connectivity index (χ3v) is 2.76. The van der Waals surface area contributed by atoms with Gasteiger partial charge in [-0.05, 0) is 35.9 Å². The van der Waals surface area contributed by atoms with E-state index in [1.807, 2.05) is 24.3 Å². The number of para-hydroxylation sites is 2. The number of carbonyl (C=O) groups excluding carboxylic acids is 1. The van der Waals surface area contributed by atoms with Crippen LogP contribution in [0.4, 0.5) is 10.5 Å². The minimum Gasteiger partial charge on any atom is -0.506 e. The predicted octanol–water partition coefficient (Wildman–Crippen LogP) is 3.19. The van der Waals surface area contributed by atoms with Gasteiger partial charge in [-0.1, -0.05) is 24.3 Å². The highest BCUT2D eigenvalue weighted by Crippen LogP contribution is 2.21. The Kier molecular flexibility index (Phi) is 4.82. The van der Waals surface area contributed by atoms with E-state index in [0.29, 0.717) is 5.69 Å². The molecule has 0 saturated heterocycles. The van der Waals surface area contributed by atoms with Gasteiger partial charge < -0.3 is 20.5 Å². The quantitative estimate of drug-likeness (QED) is 0.755. The third kappa shape index (κ3) is 4.28. The highest BCUT2D eigenvalue weighted by atomic mass is 16.5. The van der Waals surface area contributed by atoms with Crippen LogP contribution in [0, 0.1) is 0 Å². The van der Waals surface area contributed by atoms with Gasteiger partial charge in [-0.25, -0.2) is 4.79 Å². The number of urea groups is 1. The molecule has 3 N–H and O–H groups in total. The fourth-order valence-electron chi connectivity index (χ4n) is 1.67. The molecule has 0 fully saturated rings. The summed E-state index contributed by atoms with van der Waals surface area (Å²) in [6.07, 6.45) is 3.28. The predicted molar refractivity (Wildman–Crippen MR) is 82.3 cm³/mol. The van der Waals surface area contributed by atoms with E-state index in [2.05, 4.69) is 10.6 Å². The lowest BCUT2D eigenvalue weighted by molar-refractivity contribution is 0.255. The first-order valence-corrected chi connectivity index (χ1v) is 6.35. The van der Waals surface area contributed by atoms with E-state index in [1.54, 1.807) is 31.4 Å². The second-order valence-electron chi connectivity index (χ2n) is 4.22. The molecule has 5 heteroatoms. The topological polar surface area (TPSA) is 70.6 Å². The van der Waals surface area contributed by atoms with E-state index < -0.39 is 6.03 Å². The van der Waals surface area contributed by atoms with Gasteiger partial charge in [-0.2, -0.15) is 0 Å². The highest BCUT2D eigenvalue weighted by molar-refractivity contribution is 5.91. The monoisotopic (exact) mass is 284 g/mol. The number of rotatable bonds is 4. The van der Waals surface area contributed by atoms with Gasteiger partial charge in [0.15, 0.2) is 0 Å². The van der Waals surface area contributed by atoms with Gasteiger partial charge in [0.2, 0.25) is 0 Å². The molecule has 0 saturated carbocycles. The number of phenolic OH excluding ortho intramolecular Hbond substituents is 1. The summed E-state index contributed by atoms with van der Waals surface area (Å²) in [6.45, 7) is 0. The van der Waals surface area contributed by atoms with Gasteiger partial charge in [-0.15, -0.1) is 0 Å². The van der Waals surface area contributed by atoms with Crippen molar-refractivity contribution in [2.24, 2.45) is 0 Å². The van der Waals surface area contributed by atoms with E-state index in [-0.39, 0.29) is 5.75 Å². The minimum atomic E-state index is -0.429. The molecular weight excluding hydrogens is 268 g/mol.